The first kappa shape index (κ1) is 13.2. The fourth-order valence-corrected chi connectivity index (χ4v) is 2.74. The molecule has 0 aliphatic heterocycles. The van der Waals surface area contributed by atoms with Crippen LogP contribution in [0.25, 0.3) is 0 Å². The molecule has 1 aromatic carbocycles. The highest BCUT2D eigenvalue weighted by molar-refractivity contribution is 7.92. The highest BCUT2D eigenvalue weighted by atomic mass is 32.2. The van der Waals surface area contributed by atoms with E-state index < -0.39 is 10.0 Å². The zero-order valence-electron chi connectivity index (χ0n) is 10.3. The Kier molecular flexibility index (Phi) is 3.34. The van der Waals surface area contributed by atoms with Crippen molar-refractivity contribution in [1.29, 1.82) is 0 Å². The third kappa shape index (κ3) is 2.63. The van der Waals surface area contributed by atoms with Gasteiger partial charge in [-0.05, 0) is 19.1 Å². The zero-order chi connectivity index (χ0) is 14.0. The minimum Gasteiger partial charge on any atom is -0.506 e. The maximum atomic E-state index is 12.1. The number of aryl methyl sites for hydroxylation is 1. The maximum Gasteiger partial charge on any atom is 0.265 e. The van der Waals surface area contributed by atoms with Crippen molar-refractivity contribution in [3.8, 4) is 11.5 Å². The number of sulfonamides is 1. The number of rotatable bonds is 4. The van der Waals surface area contributed by atoms with Gasteiger partial charge in [0.25, 0.3) is 10.0 Å². The molecule has 0 saturated carbocycles. The number of aromatic nitrogens is 2. The van der Waals surface area contributed by atoms with Crippen molar-refractivity contribution in [3.63, 3.8) is 0 Å². The molecular weight excluding hydrogens is 270 g/mol. The standard InChI is InChI=1S/C11H13N3O4S/c1-7-11(6-12-13-7)19(16,17)14-9-5-8(18-2)3-4-10(9)15/h3-6,14-15H,1-2H3,(H,12,13). The summed E-state index contributed by atoms with van der Waals surface area (Å²) in [5, 5.41) is 15.9. The Hall–Kier alpha value is -2.22. The maximum absolute atomic E-state index is 12.1. The van der Waals surface area contributed by atoms with Crippen LogP contribution in [-0.4, -0.2) is 30.8 Å². The van der Waals surface area contributed by atoms with Crippen molar-refractivity contribution in [1.82, 2.24) is 10.2 Å². The van der Waals surface area contributed by atoms with Crippen LogP contribution in [0.15, 0.2) is 29.3 Å². The Morgan fingerprint density at radius 2 is 2.16 bits per heavy atom. The van der Waals surface area contributed by atoms with Gasteiger partial charge >= 0.3 is 0 Å². The number of H-pyrrole nitrogens is 1. The van der Waals surface area contributed by atoms with Crippen LogP contribution in [0.1, 0.15) is 5.69 Å². The van der Waals surface area contributed by atoms with Crippen molar-refractivity contribution in [2.45, 2.75) is 11.8 Å². The number of anilines is 1. The largest absolute Gasteiger partial charge is 0.506 e. The molecule has 0 radical (unpaired) electrons. The molecule has 0 aliphatic rings. The SMILES string of the molecule is COc1ccc(O)c(NS(=O)(=O)c2cn[nH]c2C)c1. The predicted molar refractivity (Wildman–Crippen MR) is 68.8 cm³/mol. The predicted octanol–water partition coefficient (Wildman–Crippen LogP) is 1.23. The second-order valence-electron chi connectivity index (χ2n) is 3.85. The number of phenols is 1. The number of methoxy groups -OCH3 is 1. The van der Waals surface area contributed by atoms with Crippen molar-refractivity contribution >= 4 is 15.7 Å². The van der Waals surface area contributed by atoms with E-state index in [-0.39, 0.29) is 16.3 Å². The van der Waals surface area contributed by atoms with Crippen LogP contribution in [-0.2, 0) is 10.0 Å². The lowest BCUT2D eigenvalue weighted by molar-refractivity contribution is 0.413. The number of nitrogens with zero attached hydrogens (tertiary/aromatic N) is 1. The number of ether oxygens (including phenoxy) is 1. The summed E-state index contributed by atoms with van der Waals surface area (Å²) in [7, 11) is -2.36. The molecule has 2 rings (SSSR count). The molecule has 0 fully saturated rings. The van der Waals surface area contributed by atoms with Crippen LogP contribution in [0.5, 0.6) is 11.5 Å². The molecule has 0 saturated heterocycles. The summed E-state index contributed by atoms with van der Waals surface area (Å²) in [6.07, 6.45) is 1.20. The number of aromatic amines is 1. The summed E-state index contributed by atoms with van der Waals surface area (Å²) in [5.41, 5.74) is 0.454. The quantitative estimate of drug-likeness (QED) is 0.732. The highest BCUT2D eigenvalue weighted by Crippen LogP contribution is 2.30. The summed E-state index contributed by atoms with van der Waals surface area (Å²) in [5.74, 6) is 0.241. The number of hydrogen-bond acceptors (Lipinski definition) is 5. The Morgan fingerprint density at radius 3 is 2.74 bits per heavy atom. The molecule has 1 heterocycles. The molecule has 19 heavy (non-hydrogen) atoms. The first-order chi connectivity index (χ1) is 8.94. The molecule has 0 amide bonds. The van der Waals surface area contributed by atoms with Crippen LogP contribution in [0.4, 0.5) is 5.69 Å². The van der Waals surface area contributed by atoms with Gasteiger partial charge in [-0.25, -0.2) is 8.42 Å². The van der Waals surface area contributed by atoms with Crippen molar-refractivity contribution in [2.75, 3.05) is 11.8 Å². The molecule has 3 N–H and O–H groups in total. The summed E-state index contributed by atoms with van der Waals surface area (Å²) in [6, 6.07) is 4.26. The molecule has 0 bridgehead atoms. The van der Waals surface area contributed by atoms with Gasteiger partial charge in [0.15, 0.2) is 0 Å². The van der Waals surface area contributed by atoms with Crippen LogP contribution in [0.2, 0.25) is 0 Å². The van der Waals surface area contributed by atoms with Gasteiger partial charge in [0.05, 0.1) is 24.7 Å². The lowest BCUT2D eigenvalue weighted by Gasteiger charge is -2.10. The average molecular weight is 283 g/mol. The van der Waals surface area contributed by atoms with Crippen molar-refractivity contribution in [2.24, 2.45) is 0 Å². The molecule has 8 heteroatoms. The highest BCUT2D eigenvalue weighted by Gasteiger charge is 2.20. The monoisotopic (exact) mass is 283 g/mol. The molecule has 0 spiro atoms. The van der Waals surface area contributed by atoms with E-state index >= 15 is 0 Å². The van der Waals surface area contributed by atoms with E-state index in [0.29, 0.717) is 11.4 Å². The van der Waals surface area contributed by atoms with E-state index in [1.807, 2.05) is 0 Å². The van der Waals surface area contributed by atoms with Crippen LogP contribution >= 0.6 is 0 Å². The first-order valence-corrected chi connectivity index (χ1v) is 6.82. The normalized spacial score (nSPS) is 11.3. The summed E-state index contributed by atoms with van der Waals surface area (Å²) < 4.78 is 31.5. The van der Waals surface area contributed by atoms with Crippen LogP contribution < -0.4 is 9.46 Å². The smallest absolute Gasteiger partial charge is 0.265 e. The fourth-order valence-electron chi connectivity index (χ4n) is 1.53. The van der Waals surface area contributed by atoms with Gasteiger partial charge in [0.1, 0.15) is 16.4 Å². The molecule has 0 aliphatic carbocycles. The summed E-state index contributed by atoms with van der Waals surface area (Å²) in [4.78, 5) is 0.0229. The Labute approximate surface area is 110 Å². The van der Waals surface area contributed by atoms with Gasteiger partial charge in [-0.2, -0.15) is 5.10 Å². The lowest BCUT2D eigenvalue weighted by Crippen LogP contribution is -2.13. The minimum atomic E-state index is -3.81. The second kappa shape index (κ2) is 4.81. The van der Waals surface area contributed by atoms with E-state index in [4.69, 9.17) is 4.74 Å². The first-order valence-electron chi connectivity index (χ1n) is 5.34. The third-order valence-corrected chi connectivity index (χ3v) is 4.00. The van der Waals surface area contributed by atoms with E-state index in [9.17, 15) is 13.5 Å². The van der Waals surface area contributed by atoms with Gasteiger partial charge < -0.3 is 9.84 Å². The number of phenolic OH excluding ortho intramolecular Hbond substituents is 1. The van der Waals surface area contributed by atoms with Crippen molar-refractivity contribution in [3.05, 3.63) is 30.1 Å². The third-order valence-electron chi connectivity index (χ3n) is 2.52. The van der Waals surface area contributed by atoms with Gasteiger partial charge in [0, 0.05) is 6.07 Å². The Morgan fingerprint density at radius 1 is 1.42 bits per heavy atom. The Bertz CT molecular complexity index is 694. The Balaban J connectivity index is 2.38. The van der Waals surface area contributed by atoms with Gasteiger partial charge in [0.2, 0.25) is 0 Å². The van der Waals surface area contributed by atoms with Crippen molar-refractivity contribution < 1.29 is 18.3 Å². The molecule has 7 nitrogen and oxygen atoms in total. The molecule has 2 aromatic rings. The number of aromatic hydroxyl groups is 1. The van der Waals surface area contributed by atoms with E-state index in [0.717, 1.165) is 0 Å². The van der Waals surface area contributed by atoms with E-state index in [1.54, 1.807) is 6.92 Å². The van der Waals surface area contributed by atoms with Crippen LogP contribution in [0.3, 0.4) is 0 Å². The average Bonchev–Trinajstić information content (AvgIpc) is 2.79. The number of nitrogens with one attached hydrogen (secondary N) is 2. The zero-order valence-corrected chi connectivity index (χ0v) is 11.2. The van der Waals surface area contributed by atoms with Gasteiger partial charge in [-0.1, -0.05) is 0 Å². The molecule has 0 atom stereocenters. The van der Waals surface area contributed by atoms with Gasteiger partial charge in [-0.3, -0.25) is 9.82 Å². The van der Waals surface area contributed by atoms with Crippen LogP contribution in [0, 0.1) is 6.92 Å². The fraction of sp³-hybridized carbons (Fsp3) is 0.182. The molecule has 1 aromatic heterocycles. The van der Waals surface area contributed by atoms with E-state index in [2.05, 4.69) is 14.9 Å². The molecular formula is C11H13N3O4S. The topological polar surface area (TPSA) is 104 Å². The number of benzene rings is 1. The number of hydrogen-bond donors (Lipinski definition) is 3. The second-order valence-corrected chi connectivity index (χ2v) is 5.50. The molecule has 102 valence electrons. The minimum absolute atomic E-state index is 0.0229. The summed E-state index contributed by atoms with van der Waals surface area (Å²) in [6.45, 7) is 1.59. The summed E-state index contributed by atoms with van der Waals surface area (Å²) >= 11 is 0. The molecule has 0 unspecified atom stereocenters. The van der Waals surface area contributed by atoms with Gasteiger partial charge in [-0.15, -0.1) is 0 Å². The lowest BCUT2D eigenvalue weighted by atomic mass is 10.3. The van der Waals surface area contributed by atoms with E-state index in [1.165, 1.54) is 31.5 Å².